The summed E-state index contributed by atoms with van der Waals surface area (Å²) >= 11 is 0. The van der Waals surface area contributed by atoms with Gasteiger partial charge in [0, 0.05) is 17.2 Å². The predicted molar refractivity (Wildman–Crippen MR) is 138 cm³/mol. The molecule has 0 bridgehead atoms. The molecule has 0 unspecified atom stereocenters. The first kappa shape index (κ1) is 26.9. The van der Waals surface area contributed by atoms with Crippen LogP contribution < -0.4 is 9.47 Å². The van der Waals surface area contributed by atoms with Gasteiger partial charge in [0.05, 0.1) is 12.2 Å². The molecule has 0 heterocycles. The molecule has 36 heavy (non-hydrogen) atoms. The van der Waals surface area contributed by atoms with E-state index in [0.29, 0.717) is 6.07 Å². The zero-order chi connectivity index (χ0) is 25.6. The lowest BCUT2D eigenvalue weighted by molar-refractivity contribution is 0.0733. The number of hydrogen-bond donors (Lipinski definition) is 0. The minimum Gasteiger partial charge on any atom is -0.494 e. The van der Waals surface area contributed by atoms with Crippen LogP contribution in [0.2, 0.25) is 0 Å². The number of carbonyl (C=O) groups is 1. The van der Waals surface area contributed by atoms with Crippen molar-refractivity contribution >= 4 is 5.97 Å². The maximum absolute atomic E-state index is 13.3. The molecular formula is C31H32F2O3. The van der Waals surface area contributed by atoms with Gasteiger partial charge in [-0.25, -0.2) is 13.6 Å². The monoisotopic (exact) mass is 490 g/mol. The molecule has 0 saturated heterocycles. The van der Waals surface area contributed by atoms with E-state index in [9.17, 15) is 13.6 Å². The summed E-state index contributed by atoms with van der Waals surface area (Å²) in [4.78, 5) is 12.1. The van der Waals surface area contributed by atoms with Gasteiger partial charge in [-0.05, 0) is 67.1 Å². The molecule has 5 heteroatoms. The molecule has 0 radical (unpaired) electrons. The zero-order valence-corrected chi connectivity index (χ0v) is 20.7. The molecule has 3 aromatic carbocycles. The van der Waals surface area contributed by atoms with Crippen molar-refractivity contribution in [2.75, 3.05) is 6.61 Å². The molecule has 0 aliphatic rings. The van der Waals surface area contributed by atoms with E-state index in [0.717, 1.165) is 42.0 Å². The summed E-state index contributed by atoms with van der Waals surface area (Å²) in [6, 6.07) is 16.8. The van der Waals surface area contributed by atoms with Gasteiger partial charge in [-0.1, -0.05) is 63.7 Å². The largest absolute Gasteiger partial charge is 0.494 e. The van der Waals surface area contributed by atoms with Crippen molar-refractivity contribution < 1.29 is 23.0 Å². The zero-order valence-electron chi connectivity index (χ0n) is 20.7. The molecule has 3 aromatic rings. The van der Waals surface area contributed by atoms with E-state index < -0.39 is 17.6 Å². The van der Waals surface area contributed by atoms with Crippen LogP contribution in [0.3, 0.4) is 0 Å². The first-order chi connectivity index (χ1) is 17.5. The molecule has 0 aliphatic carbocycles. The summed E-state index contributed by atoms with van der Waals surface area (Å²) in [6.45, 7) is 2.97. The Hall–Kier alpha value is -3.65. The summed E-state index contributed by atoms with van der Waals surface area (Å²) in [5.41, 5.74) is 1.40. The third-order valence-electron chi connectivity index (χ3n) is 5.64. The summed E-state index contributed by atoms with van der Waals surface area (Å²) in [5, 5.41) is 0. The number of unbranched alkanes of at least 4 members (excludes halogenated alkanes) is 7. The lowest BCUT2D eigenvalue weighted by Gasteiger charge is -2.06. The van der Waals surface area contributed by atoms with Crippen molar-refractivity contribution in [2.45, 2.75) is 58.3 Å². The quantitative estimate of drug-likeness (QED) is 0.111. The fourth-order valence-electron chi connectivity index (χ4n) is 3.65. The smallest absolute Gasteiger partial charge is 0.343 e. The van der Waals surface area contributed by atoms with Crippen molar-refractivity contribution in [3.63, 3.8) is 0 Å². The Labute approximate surface area is 212 Å². The van der Waals surface area contributed by atoms with Gasteiger partial charge in [0.25, 0.3) is 0 Å². The maximum Gasteiger partial charge on any atom is 0.343 e. The molecule has 0 fully saturated rings. The highest BCUT2D eigenvalue weighted by Gasteiger charge is 2.11. The minimum absolute atomic E-state index is 0.193. The van der Waals surface area contributed by atoms with Crippen LogP contribution in [-0.2, 0) is 0 Å². The molecule has 188 valence electrons. The van der Waals surface area contributed by atoms with E-state index in [1.807, 2.05) is 24.3 Å². The van der Waals surface area contributed by atoms with Crippen LogP contribution in [0.5, 0.6) is 11.5 Å². The van der Waals surface area contributed by atoms with Crippen LogP contribution in [0, 0.1) is 23.5 Å². The molecule has 0 atom stereocenters. The van der Waals surface area contributed by atoms with Gasteiger partial charge in [0.15, 0.2) is 0 Å². The highest BCUT2D eigenvalue weighted by molar-refractivity contribution is 5.91. The number of hydrogen-bond acceptors (Lipinski definition) is 3. The summed E-state index contributed by atoms with van der Waals surface area (Å²) in [7, 11) is 0. The number of carbonyl (C=O) groups excluding carboxylic acids is 1. The second kappa shape index (κ2) is 14.7. The molecule has 0 N–H and O–H groups in total. The second-order valence-electron chi connectivity index (χ2n) is 8.67. The molecule has 3 rings (SSSR count). The number of benzene rings is 3. The van der Waals surface area contributed by atoms with Crippen molar-refractivity contribution in [3.05, 3.63) is 95.1 Å². The molecule has 3 nitrogen and oxygen atoms in total. The van der Waals surface area contributed by atoms with Gasteiger partial charge >= 0.3 is 5.97 Å². The van der Waals surface area contributed by atoms with Gasteiger partial charge in [0.2, 0.25) is 0 Å². The number of halogens is 2. The fourth-order valence-corrected chi connectivity index (χ4v) is 3.65. The Morgan fingerprint density at radius 2 is 1.19 bits per heavy atom. The Morgan fingerprint density at radius 1 is 0.694 bits per heavy atom. The normalized spacial score (nSPS) is 10.4. The Morgan fingerprint density at radius 3 is 1.75 bits per heavy atom. The third-order valence-corrected chi connectivity index (χ3v) is 5.64. The lowest BCUT2D eigenvalue weighted by Crippen LogP contribution is -2.09. The van der Waals surface area contributed by atoms with E-state index in [1.165, 1.54) is 44.9 Å². The Bertz CT molecular complexity index is 1140. The molecule has 0 saturated carbocycles. The average Bonchev–Trinajstić information content (AvgIpc) is 2.87. The minimum atomic E-state index is -0.837. The molecule has 0 aliphatic heterocycles. The number of rotatable bonds is 12. The molecule has 0 spiro atoms. The standard InChI is InChI=1S/C31H32F2O3/c1-2-3-4-5-6-7-8-9-20-35-29-16-12-24(13-17-29)10-11-25-14-18-30(19-15-25)36-31(34)26-21-27(32)23-28(33)22-26/h12-19,21-23H,2-9,20H2,1H3. The van der Waals surface area contributed by atoms with E-state index in [4.69, 9.17) is 9.47 Å². The molecular weight excluding hydrogens is 458 g/mol. The highest BCUT2D eigenvalue weighted by atomic mass is 19.1. The van der Waals surface area contributed by atoms with Gasteiger partial charge < -0.3 is 9.47 Å². The number of ether oxygens (including phenoxy) is 2. The summed E-state index contributed by atoms with van der Waals surface area (Å²) < 4.78 is 37.6. The van der Waals surface area contributed by atoms with Crippen molar-refractivity contribution in [1.29, 1.82) is 0 Å². The van der Waals surface area contributed by atoms with E-state index in [-0.39, 0.29) is 11.3 Å². The highest BCUT2D eigenvalue weighted by Crippen LogP contribution is 2.17. The first-order valence-electron chi connectivity index (χ1n) is 12.6. The fraction of sp³-hybridized carbons (Fsp3) is 0.323. The van der Waals surface area contributed by atoms with Gasteiger partial charge in [-0.2, -0.15) is 0 Å². The predicted octanol–water partition coefficient (Wildman–Crippen LogP) is 8.10. The van der Waals surface area contributed by atoms with Crippen LogP contribution >= 0.6 is 0 Å². The van der Waals surface area contributed by atoms with Crippen LogP contribution in [0.4, 0.5) is 8.78 Å². The topological polar surface area (TPSA) is 35.5 Å². The van der Waals surface area contributed by atoms with Crippen molar-refractivity contribution in [3.8, 4) is 23.3 Å². The van der Waals surface area contributed by atoms with Crippen LogP contribution in [0.1, 0.15) is 79.8 Å². The Balaban J connectivity index is 1.42. The third kappa shape index (κ3) is 9.54. The van der Waals surface area contributed by atoms with Crippen LogP contribution in [-0.4, -0.2) is 12.6 Å². The average molecular weight is 491 g/mol. The van der Waals surface area contributed by atoms with Crippen LogP contribution in [0.25, 0.3) is 0 Å². The SMILES string of the molecule is CCCCCCCCCCOc1ccc(C#Cc2ccc(OC(=O)c3cc(F)cc(F)c3)cc2)cc1. The van der Waals surface area contributed by atoms with Crippen LogP contribution in [0.15, 0.2) is 66.7 Å². The van der Waals surface area contributed by atoms with E-state index in [1.54, 1.807) is 24.3 Å². The number of esters is 1. The maximum atomic E-state index is 13.3. The van der Waals surface area contributed by atoms with Crippen molar-refractivity contribution in [1.82, 2.24) is 0 Å². The van der Waals surface area contributed by atoms with E-state index in [2.05, 4.69) is 18.8 Å². The summed E-state index contributed by atoms with van der Waals surface area (Å²) in [5.74, 6) is 4.74. The van der Waals surface area contributed by atoms with E-state index >= 15 is 0 Å². The molecule has 0 aromatic heterocycles. The first-order valence-corrected chi connectivity index (χ1v) is 12.6. The van der Waals surface area contributed by atoms with Crippen molar-refractivity contribution in [2.24, 2.45) is 0 Å². The van der Waals surface area contributed by atoms with Gasteiger partial charge in [-0.3, -0.25) is 0 Å². The Kier molecular flexibility index (Phi) is 11.0. The molecule has 0 amide bonds. The van der Waals surface area contributed by atoms with Gasteiger partial charge in [-0.15, -0.1) is 0 Å². The second-order valence-corrected chi connectivity index (χ2v) is 8.67. The lowest BCUT2D eigenvalue weighted by atomic mass is 10.1. The summed E-state index contributed by atoms with van der Waals surface area (Å²) in [6.07, 6.45) is 10.2. The van der Waals surface area contributed by atoms with Gasteiger partial charge in [0.1, 0.15) is 23.1 Å².